The van der Waals surface area contributed by atoms with Gasteiger partial charge in [0.25, 0.3) is 0 Å². The van der Waals surface area contributed by atoms with E-state index in [0.717, 1.165) is 23.7 Å². The van der Waals surface area contributed by atoms with Crippen LogP contribution in [0, 0.1) is 11.7 Å². The Morgan fingerprint density at radius 3 is 2.82 bits per heavy atom. The van der Waals surface area contributed by atoms with Crippen LogP contribution >= 0.6 is 15.9 Å². The van der Waals surface area contributed by atoms with Crippen LogP contribution in [0.4, 0.5) is 15.8 Å². The number of benzene rings is 1. The molecule has 2 aromatic rings. The van der Waals surface area contributed by atoms with Gasteiger partial charge >= 0.3 is 0 Å². The summed E-state index contributed by atoms with van der Waals surface area (Å²) in [5.74, 6) is 0.226. The number of nitrogens with two attached hydrogens (primary N) is 1. The molecule has 4 nitrogen and oxygen atoms in total. The van der Waals surface area contributed by atoms with E-state index in [1.165, 1.54) is 25.1 Å². The van der Waals surface area contributed by atoms with Gasteiger partial charge in [0.15, 0.2) is 0 Å². The van der Waals surface area contributed by atoms with Gasteiger partial charge in [-0.1, -0.05) is 6.07 Å². The number of anilines is 2. The van der Waals surface area contributed by atoms with Crippen LogP contribution in [0.5, 0.6) is 0 Å². The minimum atomic E-state index is -0.526. The molecule has 0 unspecified atom stereocenters. The first-order valence-corrected chi connectivity index (χ1v) is 7.97. The number of aliphatic hydroxyl groups excluding tert-OH is 1. The van der Waals surface area contributed by atoms with Crippen molar-refractivity contribution >= 4 is 27.3 Å². The van der Waals surface area contributed by atoms with Gasteiger partial charge in [-0.3, -0.25) is 4.98 Å². The van der Waals surface area contributed by atoms with Gasteiger partial charge in [0.1, 0.15) is 11.5 Å². The molecule has 22 heavy (non-hydrogen) atoms. The van der Waals surface area contributed by atoms with Gasteiger partial charge < -0.3 is 16.2 Å². The Balaban J connectivity index is 1.90. The number of hydrogen-bond acceptors (Lipinski definition) is 4. The summed E-state index contributed by atoms with van der Waals surface area (Å²) in [6, 6.07) is 5.13. The molecule has 116 valence electrons. The molecule has 1 heterocycles. The molecule has 0 bridgehead atoms. The third-order valence-electron chi connectivity index (χ3n) is 3.84. The molecule has 3 rings (SSSR count). The number of aromatic nitrogens is 1. The van der Waals surface area contributed by atoms with Crippen molar-refractivity contribution in [1.82, 2.24) is 4.98 Å². The standard InChI is InChI=1S/C16H17BrFN3O/c17-15-11(10-5-12(18)14(8-22)21-7-10)3-4-13(16(15)19)20-6-9-1-2-9/h3-5,7,9,20,22H,1-2,6,8,19H2. The van der Waals surface area contributed by atoms with Gasteiger partial charge in [0, 0.05) is 18.3 Å². The molecular weight excluding hydrogens is 349 g/mol. The number of halogens is 2. The van der Waals surface area contributed by atoms with Gasteiger partial charge in [0.2, 0.25) is 0 Å². The molecule has 0 spiro atoms. The monoisotopic (exact) mass is 365 g/mol. The van der Waals surface area contributed by atoms with Crippen LogP contribution in [0.25, 0.3) is 11.1 Å². The molecule has 1 aromatic carbocycles. The van der Waals surface area contributed by atoms with Crippen LogP contribution in [-0.2, 0) is 6.61 Å². The summed E-state index contributed by atoms with van der Waals surface area (Å²) in [5, 5.41) is 12.3. The number of aliphatic hydroxyl groups is 1. The summed E-state index contributed by atoms with van der Waals surface area (Å²) >= 11 is 3.49. The summed E-state index contributed by atoms with van der Waals surface area (Å²) in [4.78, 5) is 3.93. The van der Waals surface area contributed by atoms with Gasteiger partial charge in [0.05, 0.1) is 22.5 Å². The van der Waals surface area contributed by atoms with E-state index in [0.29, 0.717) is 15.7 Å². The Kier molecular flexibility index (Phi) is 4.31. The number of nitrogen functional groups attached to an aromatic ring is 1. The topological polar surface area (TPSA) is 71.2 Å². The minimum absolute atomic E-state index is 0.0376. The van der Waals surface area contributed by atoms with Crippen molar-refractivity contribution in [2.75, 3.05) is 17.6 Å². The lowest BCUT2D eigenvalue weighted by Crippen LogP contribution is -2.06. The molecule has 1 aliphatic rings. The van der Waals surface area contributed by atoms with Crippen molar-refractivity contribution in [2.45, 2.75) is 19.4 Å². The number of pyridine rings is 1. The van der Waals surface area contributed by atoms with Crippen LogP contribution < -0.4 is 11.1 Å². The zero-order valence-corrected chi connectivity index (χ0v) is 13.5. The predicted octanol–water partition coefficient (Wildman–Crippen LogP) is 3.55. The largest absolute Gasteiger partial charge is 0.396 e. The summed E-state index contributed by atoms with van der Waals surface area (Å²) in [6.07, 6.45) is 4.08. The summed E-state index contributed by atoms with van der Waals surface area (Å²) in [5.41, 5.74) is 9.06. The van der Waals surface area contributed by atoms with E-state index in [4.69, 9.17) is 10.8 Å². The maximum absolute atomic E-state index is 13.8. The Morgan fingerprint density at radius 1 is 1.41 bits per heavy atom. The Hall–Kier alpha value is -1.66. The SMILES string of the molecule is Nc1c(NCC2CC2)ccc(-c2cnc(CO)c(F)c2)c1Br. The first-order chi connectivity index (χ1) is 10.6. The molecule has 1 saturated carbocycles. The second-order valence-electron chi connectivity index (χ2n) is 5.52. The zero-order valence-electron chi connectivity index (χ0n) is 11.9. The average molecular weight is 366 g/mol. The molecule has 1 aromatic heterocycles. The molecular formula is C16H17BrFN3O. The Morgan fingerprint density at radius 2 is 2.18 bits per heavy atom. The van der Waals surface area contributed by atoms with E-state index in [2.05, 4.69) is 26.2 Å². The van der Waals surface area contributed by atoms with E-state index in [-0.39, 0.29) is 5.69 Å². The normalized spacial score (nSPS) is 14.1. The highest BCUT2D eigenvalue weighted by atomic mass is 79.9. The second-order valence-corrected chi connectivity index (χ2v) is 6.32. The van der Waals surface area contributed by atoms with Crippen LogP contribution in [0.2, 0.25) is 0 Å². The molecule has 4 N–H and O–H groups in total. The number of nitrogens with one attached hydrogen (secondary N) is 1. The van der Waals surface area contributed by atoms with Crippen molar-refractivity contribution in [2.24, 2.45) is 5.92 Å². The maximum Gasteiger partial charge on any atom is 0.147 e. The van der Waals surface area contributed by atoms with Crippen molar-refractivity contribution < 1.29 is 9.50 Å². The molecule has 1 fully saturated rings. The average Bonchev–Trinajstić information content (AvgIpc) is 3.33. The highest BCUT2D eigenvalue weighted by Gasteiger charge is 2.21. The summed E-state index contributed by atoms with van der Waals surface area (Å²) in [7, 11) is 0. The van der Waals surface area contributed by atoms with Crippen LogP contribution in [0.15, 0.2) is 28.9 Å². The van der Waals surface area contributed by atoms with Crippen molar-refractivity contribution in [3.63, 3.8) is 0 Å². The lowest BCUT2D eigenvalue weighted by molar-refractivity contribution is 0.270. The third-order valence-corrected chi connectivity index (χ3v) is 4.69. The molecule has 0 aliphatic heterocycles. The first-order valence-electron chi connectivity index (χ1n) is 7.17. The van der Waals surface area contributed by atoms with E-state index in [1.807, 2.05) is 12.1 Å². The van der Waals surface area contributed by atoms with Crippen LogP contribution in [-0.4, -0.2) is 16.6 Å². The summed E-state index contributed by atoms with van der Waals surface area (Å²) in [6.45, 7) is 0.511. The van der Waals surface area contributed by atoms with Gasteiger partial charge in [-0.05, 0) is 52.4 Å². The molecule has 0 atom stereocenters. The number of nitrogens with zero attached hydrogens (tertiary/aromatic N) is 1. The first kappa shape index (κ1) is 15.2. The molecule has 0 saturated heterocycles. The fourth-order valence-corrected chi connectivity index (χ4v) is 2.85. The van der Waals surface area contributed by atoms with Gasteiger partial charge in [-0.25, -0.2) is 4.39 Å². The molecule has 1 aliphatic carbocycles. The molecule has 6 heteroatoms. The van der Waals surface area contributed by atoms with E-state index in [9.17, 15) is 4.39 Å². The van der Waals surface area contributed by atoms with E-state index < -0.39 is 12.4 Å². The zero-order chi connectivity index (χ0) is 15.7. The van der Waals surface area contributed by atoms with Crippen LogP contribution in [0.3, 0.4) is 0 Å². The third kappa shape index (κ3) is 3.08. The highest BCUT2D eigenvalue weighted by molar-refractivity contribution is 9.10. The lowest BCUT2D eigenvalue weighted by atomic mass is 10.1. The van der Waals surface area contributed by atoms with Crippen molar-refractivity contribution in [1.29, 1.82) is 0 Å². The fourth-order valence-electron chi connectivity index (χ4n) is 2.28. The lowest BCUT2D eigenvalue weighted by Gasteiger charge is -2.14. The van der Waals surface area contributed by atoms with Gasteiger partial charge in [-0.15, -0.1) is 0 Å². The quantitative estimate of drug-likeness (QED) is 0.708. The maximum atomic E-state index is 13.8. The molecule has 0 radical (unpaired) electrons. The van der Waals surface area contributed by atoms with Crippen molar-refractivity contribution in [3.05, 3.63) is 40.4 Å². The predicted molar refractivity (Wildman–Crippen MR) is 88.9 cm³/mol. The fraction of sp³-hybridized carbons (Fsp3) is 0.312. The van der Waals surface area contributed by atoms with E-state index in [1.54, 1.807) is 0 Å². The molecule has 0 amide bonds. The highest BCUT2D eigenvalue weighted by Crippen LogP contribution is 2.38. The smallest absolute Gasteiger partial charge is 0.147 e. The van der Waals surface area contributed by atoms with Crippen LogP contribution in [0.1, 0.15) is 18.5 Å². The Bertz CT molecular complexity index is 704. The van der Waals surface area contributed by atoms with E-state index >= 15 is 0 Å². The second kappa shape index (κ2) is 6.22. The van der Waals surface area contributed by atoms with Gasteiger partial charge in [-0.2, -0.15) is 0 Å². The Labute approximate surface area is 136 Å². The summed E-state index contributed by atoms with van der Waals surface area (Å²) < 4.78 is 14.5. The minimum Gasteiger partial charge on any atom is -0.396 e. The van der Waals surface area contributed by atoms with Crippen molar-refractivity contribution in [3.8, 4) is 11.1 Å². The number of hydrogen-bond donors (Lipinski definition) is 3. The number of rotatable bonds is 5.